The zero-order chi connectivity index (χ0) is 38.0. The van der Waals surface area contributed by atoms with Gasteiger partial charge in [-0.15, -0.1) is 10.1 Å². The quantitative estimate of drug-likeness (QED) is 0.114. The number of nitrogens with zero attached hydrogens (tertiary/aromatic N) is 2. The lowest BCUT2D eigenvalue weighted by atomic mass is 9.72. The molecule has 2 fully saturated rings. The summed E-state index contributed by atoms with van der Waals surface area (Å²) < 4.78 is 23.5. The van der Waals surface area contributed by atoms with E-state index < -0.39 is 34.7 Å². The van der Waals surface area contributed by atoms with Gasteiger partial charge in [-0.2, -0.15) is 0 Å². The van der Waals surface area contributed by atoms with Crippen LogP contribution in [0.3, 0.4) is 0 Å². The number of carbonyl (C=O) groups excluding carboxylic acids is 4. The minimum absolute atomic E-state index is 0.147. The molecule has 0 saturated carbocycles. The summed E-state index contributed by atoms with van der Waals surface area (Å²) in [5, 5.41) is 2.71. The van der Waals surface area contributed by atoms with Crippen LogP contribution < -0.4 is 9.47 Å². The normalized spacial score (nSPS) is 16.7. The van der Waals surface area contributed by atoms with E-state index >= 15 is 0 Å². The molecular formula is C42H44N2O10. The van der Waals surface area contributed by atoms with Crippen molar-refractivity contribution in [2.45, 2.75) is 50.4 Å². The highest BCUT2D eigenvalue weighted by molar-refractivity contribution is 6.29. The van der Waals surface area contributed by atoms with Crippen molar-refractivity contribution in [2.24, 2.45) is 0 Å². The molecule has 0 bridgehead atoms. The highest BCUT2D eigenvalue weighted by atomic mass is 16.8. The van der Waals surface area contributed by atoms with Crippen molar-refractivity contribution < 1.29 is 47.8 Å². The molecule has 4 aromatic carbocycles. The minimum atomic E-state index is -1.20. The lowest BCUT2D eigenvalue weighted by Gasteiger charge is -2.40. The van der Waals surface area contributed by atoms with Gasteiger partial charge < -0.3 is 28.6 Å². The number of hydrogen-bond acceptors (Lipinski definition) is 12. The van der Waals surface area contributed by atoms with Crippen LogP contribution in [0.25, 0.3) is 0 Å². The van der Waals surface area contributed by atoms with Crippen molar-refractivity contribution in [3.63, 3.8) is 0 Å². The third-order valence-electron chi connectivity index (χ3n) is 9.82. The number of hydrogen-bond donors (Lipinski definition) is 0. The highest BCUT2D eigenvalue weighted by Crippen LogP contribution is 2.44. The number of para-hydroxylation sites is 4. The summed E-state index contributed by atoms with van der Waals surface area (Å²) in [4.78, 5) is 64.1. The Labute approximate surface area is 314 Å². The summed E-state index contributed by atoms with van der Waals surface area (Å²) in [6, 6.07) is 33.2. The summed E-state index contributed by atoms with van der Waals surface area (Å²) in [6.45, 7) is 4.47. The fourth-order valence-electron chi connectivity index (χ4n) is 7.07. The molecule has 6 rings (SSSR count). The first kappa shape index (κ1) is 38.0. The van der Waals surface area contributed by atoms with E-state index in [0.717, 1.165) is 0 Å². The molecule has 0 amide bonds. The summed E-state index contributed by atoms with van der Waals surface area (Å²) >= 11 is 0. The Hall–Kier alpha value is -5.72. The molecule has 0 spiro atoms. The Bertz CT molecular complexity index is 1760. The Kier molecular flexibility index (Phi) is 12.3. The standard InChI is InChI=1S/C42H44N2O10/c1-3-49-39(47)41(33-19-11-13-21-35(33)51-31-15-7-5-8-16-31)23-27-43(28-24-41)53-37(45)38(46)54-44-29-25-42(26-30-44,40(48)50-4-2)34-20-12-14-22-36(34)52-32-17-9-6-10-18-32/h5-22H,3-4,23-30H2,1-2H3. The number of piperidine rings is 2. The Balaban J connectivity index is 1.09. The van der Waals surface area contributed by atoms with Crippen molar-refractivity contribution in [2.75, 3.05) is 39.4 Å². The van der Waals surface area contributed by atoms with Crippen LogP contribution in [-0.4, -0.2) is 73.4 Å². The van der Waals surface area contributed by atoms with Gasteiger partial charge in [-0.3, -0.25) is 9.59 Å². The fourth-order valence-corrected chi connectivity index (χ4v) is 7.07. The molecule has 0 N–H and O–H groups in total. The van der Waals surface area contributed by atoms with Crippen molar-refractivity contribution in [3.8, 4) is 23.0 Å². The summed E-state index contributed by atoms with van der Waals surface area (Å²) in [7, 11) is 0. The molecule has 2 aliphatic heterocycles. The predicted molar refractivity (Wildman–Crippen MR) is 196 cm³/mol. The van der Waals surface area contributed by atoms with Crippen molar-refractivity contribution in [1.82, 2.24) is 10.1 Å². The highest BCUT2D eigenvalue weighted by Gasteiger charge is 2.49. The van der Waals surface area contributed by atoms with Gasteiger partial charge in [0, 0.05) is 37.3 Å². The second-order valence-electron chi connectivity index (χ2n) is 13.0. The third-order valence-corrected chi connectivity index (χ3v) is 9.82. The number of benzene rings is 4. The SMILES string of the molecule is CCOC(=O)C1(c2ccccc2Oc2ccccc2)CCN(OC(=O)C(=O)ON2CCC(C(=O)OCC)(c3ccccc3Oc3ccccc3)CC2)CC1. The van der Waals surface area contributed by atoms with Crippen LogP contribution in [0.15, 0.2) is 109 Å². The maximum absolute atomic E-state index is 13.6. The predicted octanol–water partition coefficient (Wildman–Crippen LogP) is 6.68. The number of carbonyl (C=O) groups is 4. The van der Waals surface area contributed by atoms with Gasteiger partial charge in [0.1, 0.15) is 23.0 Å². The second kappa shape index (κ2) is 17.4. The molecular weight excluding hydrogens is 692 g/mol. The molecule has 2 heterocycles. The van der Waals surface area contributed by atoms with E-state index in [1.165, 1.54) is 10.1 Å². The Morgan fingerprint density at radius 2 is 0.833 bits per heavy atom. The molecule has 2 aliphatic rings. The van der Waals surface area contributed by atoms with Crippen LogP contribution in [0.2, 0.25) is 0 Å². The first-order chi connectivity index (χ1) is 26.3. The smallest absolute Gasteiger partial charge is 0.438 e. The molecule has 0 aromatic heterocycles. The molecule has 12 heteroatoms. The second-order valence-corrected chi connectivity index (χ2v) is 13.0. The van der Waals surface area contributed by atoms with Crippen molar-refractivity contribution in [1.29, 1.82) is 0 Å². The van der Waals surface area contributed by atoms with E-state index in [0.29, 0.717) is 34.1 Å². The van der Waals surface area contributed by atoms with Gasteiger partial charge >= 0.3 is 23.9 Å². The topological polar surface area (TPSA) is 130 Å². The molecule has 4 aromatic rings. The Morgan fingerprint density at radius 1 is 0.500 bits per heavy atom. The Morgan fingerprint density at radius 3 is 1.19 bits per heavy atom. The van der Waals surface area contributed by atoms with Crippen LogP contribution in [-0.2, 0) is 49.2 Å². The zero-order valence-corrected chi connectivity index (χ0v) is 30.4. The monoisotopic (exact) mass is 736 g/mol. The van der Waals surface area contributed by atoms with Crippen LogP contribution in [0, 0.1) is 0 Å². The van der Waals surface area contributed by atoms with Gasteiger partial charge in [0.15, 0.2) is 0 Å². The van der Waals surface area contributed by atoms with Crippen molar-refractivity contribution >= 4 is 23.9 Å². The maximum Gasteiger partial charge on any atom is 0.438 e. The first-order valence-corrected chi connectivity index (χ1v) is 18.2. The molecule has 282 valence electrons. The van der Waals surface area contributed by atoms with Crippen LogP contribution >= 0.6 is 0 Å². The van der Waals surface area contributed by atoms with Gasteiger partial charge in [0.25, 0.3) is 0 Å². The maximum atomic E-state index is 13.6. The number of esters is 2. The molecule has 12 nitrogen and oxygen atoms in total. The lowest BCUT2D eigenvalue weighted by molar-refractivity contribution is -0.225. The van der Waals surface area contributed by atoms with E-state index in [2.05, 4.69) is 0 Å². The minimum Gasteiger partial charge on any atom is -0.465 e. The summed E-state index contributed by atoms with van der Waals surface area (Å²) in [6.07, 6.45) is 0.948. The average molecular weight is 737 g/mol. The summed E-state index contributed by atoms with van der Waals surface area (Å²) in [5.74, 6) is -0.925. The first-order valence-electron chi connectivity index (χ1n) is 18.2. The summed E-state index contributed by atoms with van der Waals surface area (Å²) in [5.41, 5.74) is -0.823. The number of ether oxygens (including phenoxy) is 4. The molecule has 0 unspecified atom stereocenters. The zero-order valence-electron chi connectivity index (χ0n) is 30.4. The van der Waals surface area contributed by atoms with Gasteiger partial charge in [-0.1, -0.05) is 72.8 Å². The van der Waals surface area contributed by atoms with Crippen LogP contribution in [0.1, 0.15) is 50.7 Å². The van der Waals surface area contributed by atoms with Gasteiger partial charge in [-0.25, -0.2) is 9.59 Å². The molecule has 2 saturated heterocycles. The van der Waals surface area contributed by atoms with E-state index in [9.17, 15) is 19.2 Å². The molecule has 0 atom stereocenters. The van der Waals surface area contributed by atoms with Gasteiger partial charge in [-0.05, 0) is 75.9 Å². The fraction of sp³-hybridized carbons (Fsp3) is 0.333. The van der Waals surface area contributed by atoms with Gasteiger partial charge in [0.2, 0.25) is 0 Å². The molecule has 0 aliphatic carbocycles. The van der Waals surface area contributed by atoms with Gasteiger partial charge in [0.05, 0.1) is 24.0 Å². The molecule has 54 heavy (non-hydrogen) atoms. The van der Waals surface area contributed by atoms with Crippen LogP contribution in [0.5, 0.6) is 23.0 Å². The van der Waals surface area contributed by atoms with E-state index in [1.807, 2.05) is 97.1 Å². The third kappa shape index (κ3) is 8.40. The van der Waals surface area contributed by atoms with E-state index in [4.69, 9.17) is 28.6 Å². The largest absolute Gasteiger partial charge is 0.465 e. The van der Waals surface area contributed by atoms with E-state index in [1.54, 1.807) is 26.0 Å². The van der Waals surface area contributed by atoms with Crippen molar-refractivity contribution in [3.05, 3.63) is 120 Å². The number of hydroxylamine groups is 4. The van der Waals surface area contributed by atoms with E-state index in [-0.39, 0.29) is 65.1 Å². The molecule has 0 radical (unpaired) electrons. The average Bonchev–Trinajstić information content (AvgIpc) is 3.20. The van der Waals surface area contributed by atoms with Crippen LogP contribution in [0.4, 0.5) is 0 Å². The lowest BCUT2D eigenvalue weighted by Crippen LogP contribution is -2.50. The number of rotatable bonds is 12.